The lowest BCUT2D eigenvalue weighted by Gasteiger charge is -1.95. The molecule has 4 nitrogen and oxygen atoms in total. The highest BCUT2D eigenvalue weighted by atomic mass is 16.5. The summed E-state index contributed by atoms with van der Waals surface area (Å²) in [6, 6.07) is 0. The molecule has 0 radical (unpaired) electrons. The molecule has 0 aromatic carbocycles. The first kappa shape index (κ1) is 7.56. The molecule has 1 rings (SSSR count). The van der Waals surface area contributed by atoms with Crippen molar-refractivity contribution in [2.24, 2.45) is 5.92 Å². The Morgan fingerprint density at radius 2 is 2.30 bits per heavy atom. The smallest absolute Gasteiger partial charge is 0.455 e. The Balaban J connectivity index is 2.31. The van der Waals surface area contributed by atoms with Crippen molar-refractivity contribution in [2.75, 3.05) is 7.11 Å². The van der Waals surface area contributed by atoms with E-state index in [1.807, 2.05) is 0 Å². The van der Waals surface area contributed by atoms with Crippen molar-refractivity contribution in [2.45, 2.75) is 12.2 Å². The Hall–Kier alpha value is -0.545. The number of carbonyl (C=O) groups is 1. The van der Waals surface area contributed by atoms with Gasteiger partial charge in [0.05, 0.1) is 13.0 Å². The van der Waals surface area contributed by atoms with Crippen LogP contribution < -0.4 is 0 Å². The van der Waals surface area contributed by atoms with Crippen LogP contribution in [0.15, 0.2) is 0 Å². The first-order valence-corrected chi connectivity index (χ1v) is 3.10. The van der Waals surface area contributed by atoms with E-state index in [0.717, 1.165) is 0 Å². The van der Waals surface area contributed by atoms with Crippen LogP contribution in [0.25, 0.3) is 0 Å². The van der Waals surface area contributed by atoms with Gasteiger partial charge < -0.3 is 14.8 Å². The molecule has 0 bridgehead atoms. The minimum Gasteiger partial charge on any atom is -0.469 e. The van der Waals surface area contributed by atoms with Gasteiger partial charge in [0, 0.05) is 5.82 Å². The quantitative estimate of drug-likeness (QED) is 0.386. The molecule has 0 amide bonds. The maximum atomic E-state index is 10.6. The van der Waals surface area contributed by atoms with Gasteiger partial charge in [-0.3, -0.25) is 4.79 Å². The van der Waals surface area contributed by atoms with E-state index in [0.29, 0.717) is 6.42 Å². The summed E-state index contributed by atoms with van der Waals surface area (Å²) >= 11 is 0. The third kappa shape index (κ3) is 1.30. The van der Waals surface area contributed by atoms with Crippen LogP contribution in [0.1, 0.15) is 6.42 Å². The maximum absolute atomic E-state index is 10.6. The van der Waals surface area contributed by atoms with Crippen molar-refractivity contribution in [1.29, 1.82) is 0 Å². The first-order valence-electron chi connectivity index (χ1n) is 3.10. The molecule has 0 saturated heterocycles. The summed E-state index contributed by atoms with van der Waals surface area (Å²) in [6.45, 7) is 0. The van der Waals surface area contributed by atoms with E-state index in [1.165, 1.54) is 7.11 Å². The van der Waals surface area contributed by atoms with Gasteiger partial charge in [-0.15, -0.1) is 0 Å². The van der Waals surface area contributed by atoms with Gasteiger partial charge in [0.25, 0.3) is 0 Å². The number of carbonyl (C=O) groups excluding carboxylic acids is 1. The van der Waals surface area contributed by atoms with Crippen molar-refractivity contribution in [3.63, 3.8) is 0 Å². The summed E-state index contributed by atoms with van der Waals surface area (Å²) in [5, 5.41) is 17.1. The highest BCUT2D eigenvalue weighted by Crippen LogP contribution is 2.46. The van der Waals surface area contributed by atoms with Crippen molar-refractivity contribution >= 4 is 13.1 Å². The van der Waals surface area contributed by atoms with Crippen LogP contribution in [0.4, 0.5) is 0 Å². The normalized spacial score (nSPS) is 29.5. The molecule has 10 heavy (non-hydrogen) atoms. The predicted octanol–water partition coefficient (Wildman–Crippen LogP) is -0.978. The monoisotopic (exact) mass is 144 g/mol. The van der Waals surface area contributed by atoms with Gasteiger partial charge in [-0.25, -0.2) is 0 Å². The zero-order chi connectivity index (χ0) is 7.72. The molecular weight excluding hydrogens is 135 g/mol. The second-order valence-electron chi connectivity index (χ2n) is 2.44. The van der Waals surface area contributed by atoms with Gasteiger partial charge in [-0.1, -0.05) is 0 Å². The summed E-state index contributed by atoms with van der Waals surface area (Å²) in [4.78, 5) is 10.6. The number of hydrogen-bond donors (Lipinski definition) is 2. The fraction of sp³-hybridized carbons (Fsp3) is 0.800. The van der Waals surface area contributed by atoms with Crippen LogP contribution in [-0.2, 0) is 9.53 Å². The fourth-order valence-corrected chi connectivity index (χ4v) is 0.967. The van der Waals surface area contributed by atoms with Gasteiger partial charge in [0.2, 0.25) is 0 Å². The molecule has 0 aromatic heterocycles. The van der Waals surface area contributed by atoms with Crippen LogP contribution in [0, 0.1) is 5.92 Å². The average Bonchev–Trinajstić information content (AvgIpc) is 2.64. The molecule has 0 aromatic rings. The topological polar surface area (TPSA) is 66.8 Å². The molecule has 0 aliphatic heterocycles. The highest BCUT2D eigenvalue weighted by molar-refractivity contribution is 6.45. The Morgan fingerprint density at radius 3 is 2.60 bits per heavy atom. The molecule has 1 saturated carbocycles. The second kappa shape index (κ2) is 2.60. The van der Waals surface area contributed by atoms with E-state index in [-0.39, 0.29) is 17.7 Å². The molecule has 5 heteroatoms. The number of hydrogen-bond acceptors (Lipinski definition) is 4. The van der Waals surface area contributed by atoms with Crippen molar-refractivity contribution in [3.05, 3.63) is 0 Å². The largest absolute Gasteiger partial charge is 0.469 e. The van der Waals surface area contributed by atoms with Crippen molar-refractivity contribution in [1.82, 2.24) is 0 Å². The van der Waals surface area contributed by atoms with Gasteiger partial charge in [-0.05, 0) is 6.42 Å². The predicted molar refractivity (Wildman–Crippen MR) is 34.1 cm³/mol. The SMILES string of the molecule is COC(=O)[C@H]1C[C@@H]1B(O)O. The Labute approximate surface area is 58.9 Å². The van der Waals surface area contributed by atoms with Crippen LogP contribution >= 0.6 is 0 Å². The van der Waals surface area contributed by atoms with Gasteiger partial charge in [-0.2, -0.15) is 0 Å². The molecule has 0 heterocycles. The van der Waals surface area contributed by atoms with Gasteiger partial charge >= 0.3 is 13.1 Å². The van der Waals surface area contributed by atoms with E-state index in [9.17, 15) is 4.79 Å². The number of methoxy groups -OCH3 is 1. The van der Waals surface area contributed by atoms with Crippen molar-refractivity contribution < 1.29 is 19.6 Å². The third-order valence-electron chi connectivity index (χ3n) is 1.73. The summed E-state index contributed by atoms with van der Waals surface area (Å²) in [7, 11) is -0.0781. The Morgan fingerprint density at radius 1 is 1.70 bits per heavy atom. The van der Waals surface area contributed by atoms with Crippen molar-refractivity contribution in [3.8, 4) is 0 Å². The molecule has 0 spiro atoms. The van der Waals surface area contributed by atoms with Crippen LogP contribution in [0.5, 0.6) is 0 Å². The van der Waals surface area contributed by atoms with Gasteiger partial charge in [0.1, 0.15) is 0 Å². The number of esters is 1. The highest BCUT2D eigenvalue weighted by Gasteiger charge is 2.50. The molecule has 2 N–H and O–H groups in total. The Bertz CT molecular complexity index is 147. The summed E-state index contributed by atoms with van der Waals surface area (Å²) in [5.41, 5.74) is 0. The minimum atomic E-state index is -1.37. The lowest BCUT2D eigenvalue weighted by molar-refractivity contribution is -0.142. The van der Waals surface area contributed by atoms with E-state index >= 15 is 0 Å². The number of rotatable bonds is 2. The van der Waals surface area contributed by atoms with Gasteiger partial charge in [0.15, 0.2) is 0 Å². The molecular formula is C5H9BO4. The van der Waals surface area contributed by atoms with E-state index in [2.05, 4.69) is 4.74 Å². The summed E-state index contributed by atoms with van der Waals surface area (Å²) in [6.07, 6.45) is 0.532. The second-order valence-corrected chi connectivity index (χ2v) is 2.44. The summed E-state index contributed by atoms with van der Waals surface area (Å²) < 4.78 is 4.39. The lowest BCUT2D eigenvalue weighted by atomic mass is 9.82. The average molecular weight is 144 g/mol. The molecule has 2 atom stereocenters. The number of ether oxygens (including phenoxy) is 1. The minimum absolute atomic E-state index is 0.287. The van der Waals surface area contributed by atoms with Crippen LogP contribution in [-0.4, -0.2) is 30.2 Å². The van der Waals surface area contributed by atoms with E-state index < -0.39 is 7.12 Å². The van der Waals surface area contributed by atoms with E-state index in [1.54, 1.807) is 0 Å². The van der Waals surface area contributed by atoms with Crippen LogP contribution in [0.2, 0.25) is 5.82 Å². The zero-order valence-electron chi connectivity index (χ0n) is 5.65. The maximum Gasteiger partial charge on any atom is 0.455 e. The standard InChI is InChI=1S/C5H9BO4/c1-10-5(7)3-2-4(3)6(8)9/h3-4,8-9H,2H2,1H3/t3-,4-/m0/s1. The molecule has 1 aliphatic carbocycles. The molecule has 0 unspecified atom stereocenters. The lowest BCUT2D eigenvalue weighted by Crippen LogP contribution is -2.14. The summed E-state index contributed by atoms with van der Waals surface area (Å²) in [5.74, 6) is -0.935. The molecule has 1 aliphatic rings. The zero-order valence-corrected chi connectivity index (χ0v) is 5.65. The third-order valence-corrected chi connectivity index (χ3v) is 1.73. The fourth-order valence-electron chi connectivity index (χ4n) is 0.967. The first-order chi connectivity index (χ1) is 4.66. The molecule has 1 fully saturated rings. The van der Waals surface area contributed by atoms with E-state index in [4.69, 9.17) is 10.0 Å². The Kier molecular flexibility index (Phi) is 1.96. The molecule has 56 valence electrons. The van der Waals surface area contributed by atoms with Crippen LogP contribution in [0.3, 0.4) is 0 Å².